The first-order valence-electron chi connectivity index (χ1n) is 9.73. The van der Waals surface area contributed by atoms with E-state index < -0.39 is 0 Å². The quantitative estimate of drug-likeness (QED) is 0.519. The van der Waals surface area contributed by atoms with E-state index in [2.05, 4.69) is 87.2 Å². The van der Waals surface area contributed by atoms with Crippen LogP contribution in [0.2, 0.25) is 0 Å². The molecule has 4 aromatic rings. The molecule has 158 valence electrons. The lowest BCUT2D eigenvalue weighted by molar-refractivity contribution is 0.268. The van der Waals surface area contributed by atoms with Crippen molar-refractivity contribution in [2.24, 2.45) is 5.41 Å². The van der Waals surface area contributed by atoms with Crippen LogP contribution in [0.3, 0.4) is 0 Å². The van der Waals surface area contributed by atoms with E-state index in [4.69, 9.17) is 4.52 Å². The predicted octanol–water partition coefficient (Wildman–Crippen LogP) is 3.26. The molecule has 0 aromatic carbocycles. The summed E-state index contributed by atoms with van der Waals surface area (Å²) in [5.74, 6) is 2.55. The molecule has 0 aliphatic carbocycles. The molecule has 0 fully saturated rings. The summed E-state index contributed by atoms with van der Waals surface area (Å²) in [6, 6.07) is -0.308. The molecule has 0 bridgehead atoms. The Morgan fingerprint density at radius 1 is 1.10 bits per heavy atom. The number of aromatic amines is 1. The summed E-state index contributed by atoms with van der Waals surface area (Å²) in [4.78, 5) is 17.9. The molecule has 0 saturated heterocycles. The molecule has 0 radical (unpaired) electrons. The molecule has 11 nitrogen and oxygen atoms in total. The van der Waals surface area contributed by atoms with E-state index >= 15 is 0 Å². The highest BCUT2D eigenvalue weighted by Gasteiger charge is 2.33. The minimum Gasteiger partial charge on any atom is -0.357 e. The van der Waals surface area contributed by atoms with Crippen molar-refractivity contribution in [3.63, 3.8) is 0 Å². The molecular weight excluding hydrogens is 384 g/mol. The summed E-state index contributed by atoms with van der Waals surface area (Å²) in [7, 11) is 0. The fourth-order valence-electron chi connectivity index (χ4n) is 3.17. The third-order valence-corrected chi connectivity index (χ3v) is 4.64. The number of fused-ring (bicyclic) bond motifs is 1. The van der Waals surface area contributed by atoms with Crippen molar-refractivity contribution in [1.29, 1.82) is 0 Å². The van der Waals surface area contributed by atoms with Gasteiger partial charge in [-0.1, -0.05) is 25.9 Å². The fourth-order valence-corrected chi connectivity index (χ4v) is 3.17. The topological polar surface area (TPSA) is 136 Å². The number of aromatic nitrogens is 9. The van der Waals surface area contributed by atoms with Gasteiger partial charge in [0.05, 0.1) is 17.1 Å². The van der Waals surface area contributed by atoms with E-state index in [1.807, 2.05) is 11.6 Å². The zero-order valence-electron chi connectivity index (χ0n) is 18.2. The van der Waals surface area contributed by atoms with Gasteiger partial charge in [-0.3, -0.25) is 5.10 Å². The number of hydrogen-bond donors (Lipinski definition) is 2. The van der Waals surface area contributed by atoms with Crippen LogP contribution in [0.1, 0.15) is 59.3 Å². The Balaban J connectivity index is 1.76. The molecule has 2 N–H and O–H groups in total. The maximum Gasteiger partial charge on any atom is 0.250 e. The Morgan fingerprint density at radius 3 is 2.50 bits per heavy atom. The van der Waals surface area contributed by atoms with Crippen LogP contribution in [0.4, 0.5) is 5.82 Å². The van der Waals surface area contributed by atoms with Crippen LogP contribution in [0.25, 0.3) is 22.7 Å². The molecule has 0 aliphatic rings. The van der Waals surface area contributed by atoms with Crippen molar-refractivity contribution in [3.05, 3.63) is 24.2 Å². The summed E-state index contributed by atoms with van der Waals surface area (Å²) < 4.78 is 7.48. The minimum absolute atomic E-state index is 0.207. The normalized spacial score (nSPS) is 13.7. The summed E-state index contributed by atoms with van der Waals surface area (Å²) >= 11 is 0. The van der Waals surface area contributed by atoms with E-state index in [0.717, 1.165) is 11.0 Å². The van der Waals surface area contributed by atoms with Crippen molar-refractivity contribution >= 4 is 16.9 Å². The van der Waals surface area contributed by atoms with Gasteiger partial charge < -0.3 is 9.84 Å². The lowest BCUT2D eigenvalue weighted by Crippen LogP contribution is -2.27. The monoisotopic (exact) mass is 410 g/mol. The van der Waals surface area contributed by atoms with Gasteiger partial charge in [0, 0.05) is 0 Å². The summed E-state index contributed by atoms with van der Waals surface area (Å²) in [6.45, 7) is 14.4. The molecule has 0 saturated carbocycles. The summed E-state index contributed by atoms with van der Waals surface area (Å²) in [5, 5.41) is 19.5. The number of hydrogen-bond acceptors (Lipinski definition) is 9. The lowest BCUT2D eigenvalue weighted by Gasteiger charge is -2.29. The molecule has 30 heavy (non-hydrogen) atoms. The van der Waals surface area contributed by atoms with E-state index in [1.54, 1.807) is 6.20 Å². The van der Waals surface area contributed by atoms with Crippen molar-refractivity contribution < 1.29 is 4.52 Å². The van der Waals surface area contributed by atoms with Crippen LogP contribution >= 0.6 is 0 Å². The zero-order valence-corrected chi connectivity index (χ0v) is 18.2. The number of nitrogens with zero attached hydrogens (tertiary/aromatic N) is 8. The second kappa shape index (κ2) is 6.85. The highest BCUT2D eigenvalue weighted by atomic mass is 16.5. The van der Waals surface area contributed by atoms with Gasteiger partial charge in [0.15, 0.2) is 11.5 Å². The van der Waals surface area contributed by atoms with Gasteiger partial charge >= 0.3 is 0 Å². The van der Waals surface area contributed by atoms with Crippen LogP contribution in [0, 0.1) is 12.3 Å². The molecule has 4 heterocycles. The Morgan fingerprint density at radius 2 is 1.87 bits per heavy atom. The average Bonchev–Trinajstić information content (AvgIpc) is 3.36. The Hall–Kier alpha value is -3.37. The van der Waals surface area contributed by atoms with Gasteiger partial charge in [0.2, 0.25) is 11.7 Å². The molecule has 4 aromatic heterocycles. The van der Waals surface area contributed by atoms with Crippen LogP contribution in [0.5, 0.6) is 0 Å². The SMILES string of the molecule is Cc1nc(N[C@H](c2nc(-c3ncn[nH]3)no2)C(C)(C)C)c2cnn(C(C)(C)C)c2n1. The molecule has 11 heteroatoms. The molecule has 0 amide bonds. The van der Waals surface area contributed by atoms with Gasteiger partial charge in [-0.2, -0.15) is 15.2 Å². The molecule has 1 atom stereocenters. The Kier molecular flexibility index (Phi) is 4.55. The molecular formula is C19H26N10O. The second-order valence-electron chi connectivity index (χ2n) is 9.32. The van der Waals surface area contributed by atoms with Crippen LogP contribution < -0.4 is 5.32 Å². The van der Waals surface area contributed by atoms with E-state index in [1.165, 1.54) is 6.33 Å². The predicted molar refractivity (Wildman–Crippen MR) is 111 cm³/mol. The van der Waals surface area contributed by atoms with Gasteiger partial charge in [0.25, 0.3) is 0 Å². The fraction of sp³-hybridized carbons (Fsp3) is 0.526. The molecule has 0 aliphatic heterocycles. The van der Waals surface area contributed by atoms with Gasteiger partial charge in [-0.15, -0.1) is 0 Å². The van der Waals surface area contributed by atoms with Gasteiger partial charge in [-0.05, 0) is 33.1 Å². The van der Waals surface area contributed by atoms with Crippen molar-refractivity contribution in [2.45, 2.75) is 60.0 Å². The largest absolute Gasteiger partial charge is 0.357 e. The number of nitrogens with one attached hydrogen (secondary N) is 2. The van der Waals surface area contributed by atoms with Crippen LogP contribution in [-0.2, 0) is 5.54 Å². The zero-order chi connectivity index (χ0) is 21.7. The molecule has 4 rings (SSSR count). The van der Waals surface area contributed by atoms with Gasteiger partial charge in [-0.25, -0.2) is 19.6 Å². The molecule has 0 unspecified atom stereocenters. The average molecular weight is 410 g/mol. The third kappa shape index (κ3) is 3.62. The lowest BCUT2D eigenvalue weighted by atomic mass is 9.86. The number of aryl methyl sites for hydroxylation is 1. The van der Waals surface area contributed by atoms with E-state index in [9.17, 15) is 0 Å². The first-order valence-corrected chi connectivity index (χ1v) is 9.73. The first kappa shape index (κ1) is 19.9. The standard InChI is InChI=1S/C19H26N10O/c1-10-23-13(11-8-22-29(16(11)24-10)19(5,6)7)25-12(18(2,3)4)17-26-15(28-30-17)14-20-9-21-27-14/h8-9,12H,1-7H3,(H,20,21,27)(H,23,24,25)/t12-/m1/s1. The second-order valence-corrected chi connectivity index (χ2v) is 9.32. The maximum absolute atomic E-state index is 5.58. The Labute approximate surface area is 173 Å². The highest BCUT2D eigenvalue weighted by molar-refractivity contribution is 5.86. The van der Waals surface area contributed by atoms with Crippen LogP contribution in [0.15, 0.2) is 17.0 Å². The third-order valence-electron chi connectivity index (χ3n) is 4.64. The van der Waals surface area contributed by atoms with E-state index in [-0.39, 0.29) is 17.0 Å². The van der Waals surface area contributed by atoms with Crippen molar-refractivity contribution in [2.75, 3.05) is 5.32 Å². The summed E-state index contributed by atoms with van der Waals surface area (Å²) in [6.07, 6.45) is 3.19. The van der Waals surface area contributed by atoms with Crippen molar-refractivity contribution in [1.82, 2.24) is 45.1 Å². The van der Waals surface area contributed by atoms with Crippen LogP contribution in [-0.4, -0.2) is 45.1 Å². The smallest absolute Gasteiger partial charge is 0.250 e. The molecule has 0 spiro atoms. The van der Waals surface area contributed by atoms with E-state index in [0.29, 0.717) is 29.2 Å². The minimum atomic E-state index is -0.308. The van der Waals surface area contributed by atoms with Gasteiger partial charge in [0.1, 0.15) is 24.0 Å². The highest BCUT2D eigenvalue weighted by Crippen LogP contribution is 2.37. The maximum atomic E-state index is 5.58. The number of H-pyrrole nitrogens is 1. The summed E-state index contributed by atoms with van der Waals surface area (Å²) in [5.41, 5.74) is 0.316. The van der Waals surface area contributed by atoms with Crippen molar-refractivity contribution in [3.8, 4) is 11.6 Å². The number of rotatable bonds is 4. The number of anilines is 1. The Bertz CT molecular complexity index is 1160. The first-order chi connectivity index (χ1) is 14.0.